The number of carbonyl (C=O) groups excluding carboxylic acids is 1. The molecule has 1 aliphatic rings. The predicted octanol–water partition coefficient (Wildman–Crippen LogP) is 2.73. The van der Waals surface area contributed by atoms with Gasteiger partial charge >= 0.3 is 0 Å². The summed E-state index contributed by atoms with van der Waals surface area (Å²) in [5, 5.41) is 6.56. The molecule has 1 unspecified atom stereocenters. The van der Waals surface area contributed by atoms with Crippen LogP contribution < -0.4 is 10.6 Å². The lowest BCUT2D eigenvalue weighted by Gasteiger charge is -2.37. The van der Waals surface area contributed by atoms with Gasteiger partial charge in [-0.3, -0.25) is 4.79 Å². The van der Waals surface area contributed by atoms with E-state index in [4.69, 9.17) is 4.74 Å². The van der Waals surface area contributed by atoms with E-state index in [2.05, 4.69) is 17.6 Å². The maximum atomic E-state index is 12.6. The fourth-order valence-corrected chi connectivity index (χ4v) is 3.29. The van der Waals surface area contributed by atoms with Gasteiger partial charge < -0.3 is 15.4 Å². The molecule has 23 heavy (non-hydrogen) atoms. The number of hydrogen-bond donors (Lipinski definition) is 2. The first-order valence-corrected chi connectivity index (χ1v) is 8.23. The van der Waals surface area contributed by atoms with Gasteiger partial charge in [-0.15, -0.1) is 12.4 Å². The second kappa shape index (κ2) is 9.91. The number of ether oxygens (including phenoxy) is 1. The Hall–Kier alpha value is -1.10. The summed E-state index contributed by atoms with van der Waals surface area (Å²) in [6, 6.07) is 10.0. The van der Waals surface area contributed by atoms with Gasteiger partial charge in [0.1, 0.15) is 0 Å². The van der Waals surface area contributed by atoms with Crippen LogP contribution in [0.25, 0.3) is 0 Å². The molecule has 1 aromatic carbocycles. The number of methoxy groups -OCH3 is 1. The second-order valence-corrected chi connectivity index (χ2v) is 6.27. The highest BCUT2D eigenvalue weighted by Crippen LogP contribution is 2.29. The Balaban J connectivity index is 0.00000264. The lowest BCUT2D eigenvalue weighted by atomic mass is 9.79. The van der Waals surface area contributed by atoms with Crippen molar-refractivity contribution in [3.63, 3.8) is 0 Å². The maximum absolute atomic E-state index is 12.6. The van der Waals surface area contributed by atoms with E-state index in [9.17, 15) is 4.79 Å². The minimum atomic E-state index is -0.0671. The maximum Gasteiger partial charge on any atom is 0.227 e. The molecular formula is C18H29ClN2O2. The minimum Gasteiger partial charge on any atom is -0.384 e. The summed E-state index contributed by atoms with van der Waals surface area (Å²) in [4.78, 5) is 12.6. The third-order valence-corrected chi connectivity index (χ3v) is 4.68. The summed E-state index contributed by atoms with van der Waals surface area (Å²) < 4.78 is 5.41. The third-order valence-electron chi connectivity index (χ3n) is 4.68. The van der Waals surface area contributed by atoms with Crippen LogP contribution in [0.3, 0.4) is 0 Å². The molecule has 1 heterocycles. The molecule has 2 N–H and O–H groups in total. The largest absolute Gasteiger partial charge is 0.384 e. The molecular weight excluding hydrogens is 312 g/mol. The van der Waals surface area contributed by atoms with E-state index in [1.165, 1.54) is 0 Å². The molecule has 5 heteroatoms. The fraction of sp³-hybridized carbons (Fsp3) is 0.611. The zero-order valence-electron chi connectivity index (χ0n) is 14.1. The third kappa shape index (κ3) is 5.48. The van der Waals surface area contributed by atoms with Crippen LogP contribution in [0.2, 0.25) is 0 Å². The summed E-state index contributed by atoms with van der Waals surface area (Å²) in [6.07, 6.45) is 2.90. The molecule has 0 aliphatic carbocycles. The number of rotatable bonds is 7. The topological polar surface area (TPSA) is 50.4 Å². The van der Waals surface area contributed by atoms with Crippen molar-refractivity contribution in [2.24, 2.45) is 5.41 Å². The van der Waals surface area contributed by atoms with Crippen molar-refractivity contribution >= 4 is 18.3 Å². The van der Waals surface area contributed by atoms with Gasteiger partial charge in [-0.2, -0.15) is 0 Å². The Morgan fingerprint density at radius 1 is 1.30 bits per heavy atom. The lowest BCUT2D eigenvalue weighted by molar-refractivity contribution is -0.123. The van der Waals surface area contributed by atoms with Gasteiger partial charge in [-0.1, -0.05) is 37.3 Å². The molecule has 0 bridgehead atoms. The molecule has 4 nitrogen and oxygen atoms in total. The number of amides is 1. The number of benzene rings is 1. The Bertz CT molecular complexity index is 456. The van der Waals surface area contributed by atoms with E-state index in [0.717, 1.165) is 37.9 Å². The van der Waals surface area contributed by atoms with Crippen molar-refractivity contribution in [3.05, 3.63) is 35.9 Å². The number of halogens is 1. The SMILES string of the molecule is CCC(C(=O)NCC1(COC)CCNCC1)c1ccccc1.Cl. The van der Waals surface area contributed by atoms with Gasteiger partial charge in [0.25, 0.3) is 0 Å². The Kier molecular flexibility index (Phi) is 8.59. The van der Waals surface area contributed by atoms with Gasteiger partial charge in [-0.25, -0.2) is 0 Å². The van der Waals surface area contributed by atoms with Crippen LogP contribution in [0.5, 0.6) is 0 Å². The van der Waals surface area contributed by atoms with Gasteiger partial charge in [0.05, 0.1) is 12.5 Å². The molecule has 1 amide bonds. The molecule has 1 saturated heterocycles. The van der Waals surface area contributed by atoms with Crippen LogP contribution in [0, 0.1) is 5.41 Å². The zero-order valence-corrected chi connectivity index (χ0v) is 15.0. The summed E-state index contributed by atoms with van der Waals surface area (Å²) in [6.45, 7) is 5.46. The molecule has 1 aliphatic heterocycles. The Morgan fingerprint density at radius 3 is 2.52 bits per heavy atom. The zero-order chi connectivity index (χ0) is 15.8. The number of carbonyl (C=O) groups is 1. The molecule has 1 atom stereocenters. The lowest BCUT2D eigenvalue weighted by Crippen LogP contribution is -2.47. The standard InChI is InChI=1S/C18H28N2O2.ClH/c1-3-16(15-7-5-4-6-8-15)17(21)20-13-18(14-22-2)9-11-19-12-10-18;/h4-8,16,19H,3,9-14H2,1-2H3,(H,20,21);1H. The van der Waals surface area contributed by atoms with E-state index in [-0.39, 0.29) is 29.6 Å². The van der Waals surface area contributed by atoms with Gasteiger partial charge in [0.2, 0.25) is 5.91 Å². The average molecular weight is 341 g/mol. The molecule has 0 radical (unpaired) electrons. The number of nitrogens with one attached hydrogen (secondary N) is 2. The van der Waals surface area contributed by atoms with Crippen molar-refractivity contribution < 1.29 is 9.53 Å². The van der Waals surface area contributed by atoms with E-state index in [1.54, 1.807) is 7.11 Å². The van der Waals surface area contributed by atoms with Crippen LogP contribution in [-0.2, 0) is 9.53 Å². The number of piperidine rings is 1. The van der Waals surface area contributed by atoms with Crippen molar-refractivity contribution in [2.45, 2.75) is 32.1 Å². The Morgan fingerprint density at radius 2 is 1.96 bits per heavy atom. The van der Waals surface area contributed by atoms with Crippen LogP contribution >= 0.6 is 12.4 Å². The smallest absolute Gasteiger partial charge is 0.227 e. The van der Waals surface area contributed by atoms with E-state index < -0.39 is 0 Å². The molecule has 2 rings (SSSR count). The second-order valence-electron chi connectivity index (χ2n) is 6.27. The summed E-state index contributed by atoms with van der Waals surface area (Å²) in [5.74, 6) is 0.0604. The first-order chi connectivity index (χ1) is 10.7. The summed E-state index contributed by atoms with van der Waals surface area (Å²) >= 11 is 0. The molecule has 130 valence electrons. The summed E-state index contributed by atoms with van der Waals surface area (Å²) in [7, 11) is 1.74. The molecule has 0 spiro atoms. The first-order valence-electron chi connectivity index (χ1n) is 8.23. The van der Waals surface area contributed by atoms with E-state index in [0.29, 0.717) is 13.2 Å². The average Bonchev–Trinajstić information content (AvgIpc) is 2.56. The molecule has 1 fully saturated rings. The highest BCUT2D eigenvalue weighted by molar-refractivity contribution is 5.85. The van der Waals surface area contributed by atoms with Gasteiger partial charge in [-0.05, 0) is 37.9 Å². The highest BCUT2D eigenvalue weighted by atomic mass is 35.5. The molecule has 0 saturated carbocycles. The van der Waals surface area contributed by atoms with Gasteiger partial charge in [0.15, 0.2) is 0 Å². The first kappa shape index (κ1) is 19.9. The van der Waals surface area contributed by atoms with Crippen molar-refractivity contribution in [1.29, 1.82) is 0 Å². The monoisotopic (exact) mass is 340 g/mol. The highest BCUT2D eigenvalue weighted by Gasteiger charge is 2.33. The van der Waals surface area contributed by atoms with E-state index >= 15 is 0 Å². The fourth-order valence-electron chi connectivity index (χ4n) is 3.29. The summed E-state index contributed by atoms with van der Waals surface area (Å²) in [5.41, 5.74) is 1.17. The minimum absolute atomic E-state index is 0. The normalized spacial score (nSPS) is 17.8. The van der Waals surface area contributed by atoms with Crippen molar-refractivity contribution in [3.8, 4) is 0 Å². The number of hydrogen-bond acceptors (Lipinski definition) is 3. The van der Waals surface area contributed by atoms with Crippen molar-refractivity contribution in [2.75, 3.05) is 33.4 Å². The van der Waals surface area contributed by atoms with Crippen LogP contribution in [0.15, 0.2) is 30.3 Å². The quantitative estimate of drug-likeness (QED) is 0.802. The van der Waals surface area contributed by atoms with E-state index in [1.807, 2.05) is 30.3 Å². The predicted molar refractivity (Wildman–Crippen MR) is 96.1 cm³/mol. The molecule has 1 aromatic rings. The van der Waals surface area contributed by atoms with Crippen LogP contribution in [-0.4, -0.2) is 39.3 Å². The molecule has 0 aromatic heterocycles. The van der Waals surface area contributed by atoms with Crippen molar-refractivity contribution in [1.82, 2.24) is 10.6 Å². The van der Waals surface area contributed by atoms with Gasteiger partial charge in [0, 0.05) is 19.1 Å². The van der Waals surface area contributed by atoms with Crippen LogP contribution in [0.4, 0.5) is 0 Å². The van der Waals surface area contributed by atoms with Crippen LogP contribution in [0.1, 0.15) is 37.7 Å². The Labute approximate surface area is 145 Å².